The van der Waals surface area contributed by atoms with Gasteiger partial charge in [0, 0.05) is 19.5 Å². The summed E-state index contributed by atoms with van der Waals surface area (Å²) in [5.74, 6) is 0.160. The van der Waals surface area contributed by atoms with E-state index in [2.05, 4.69) is 0 Å². The van der Waals surface area contributed by atoms with Crippen LogP contribution in [0.15, 0.2) is 0 Å². The largest absolute Gasteiger partial charge is 0.374 e. The monoisotopic (exact) mass is 189 g/mol. The molecule has 1 rings (SSSR count). The van der Waals surface area contributed by atoms with Gasteiger partial charge in [-0.2, -0.15) is 0 Å². The second-order valence-corrected chi connectivity index (χ2v) is 3.04. The number of hydrogen-bond donors (Lipinski definition) is 2. The molecule has 0 radical (unpaired) electrons. The van der Waals surface area contributed by atoms with Crippen LogP contribution in [0.1, 0.15) is 12.8 Å². The van der Waals surface area contributed by atoms with Gasteiger partial charge in [-0.1, -0.05) is 0 Å². The van der Waals surface area contributed by atoms with Crippen LogP contribution in [0.3, 0.4) is 0 Å². The summed E-state index contributed by atoms with van der Waals surface area (Å²) >= 11 is 0. The molecular formula is C8H15NO4. The molecule has 0 aromatic rings. The topological polar surface area (TPSA) is 70.0 Å². The van der Waals surface area contributed by atoms with Crippen LogP contribution < -0.4 is 0 Å². The van der Waals surface area contributed by atoms with Gasteiger partial charge in [-0.25, -0.2) is 0 Å². The van der Waals surface area contributed by atoms with Crippen molar-refractivity contribution in [2.45, 2.75) is 19.1 Å². The summed E-state index contributed by atoms with van der Waals surface area (Å²) in [6.45, 7) is 1.61. The molecular weight excluding hydrogens is 174 g/mol. The summed E-state index contributed by atoms with van der Waals surface area (Å²) in [4.78, 5) is 12.8. The molecule has 2 N–H and O–H groups in total. The van der Waals surface area contributed by atoms with Crippen molar-refractivity contribution in [1.82, 2.24) is 4.90 Å². The van der Waals surface area contributed by atoms with Crippen LogP contribution in [0.4, 0.5) is 0 Å². The van der Waals surface area contributed by atoms with Crippen molar-refractivity contribution in [2.75, 3.05) is 26.3 Å². The zero-order chi connectivity index (χ0) is 9.68. The zero-order valence-corrected chi connectivity index (χ0v) is 7.48. The minimum Gasteiger partial charge on any atom is -0.374 e. The third kappa shape index (κ3) is 3.71. The second-order valence-electron chi connectivity index (χ2n) is 3.04. The van der Waals surface area contributed by atoms with Crippen LogP contribution >= 0.6 is 0 Å². The zero-order valence-electron chi connectivity index (χ0n) is 7.48. The van der Waals surface area contributed by atoms with E-state index in [0.29, 0.717) is 19.6 Å². The van der Waals surface area contributed by atoms with E-state index in [1.165, 1.54) is 0 Å². The number of aliphatic hydroxyl groups excluding tert-OH is 1. The van der Waals surface area contributed by atoms with Gasteiger partial charge in [-0.05, 0) is 6.42 Å². The van der Waals surface area contributed by atoms with Crippen LogP contribution in [0.2, 0.25) is 0 Å². The molecule has 76 valence electrons. The van der Waals surface area contributed by atoms with Crippen molar-refractivity contribution in [3.63, 3.8) is 0 Å². The van der Waals surface area contributed by atoms with Crippen LogP contribution in [0, 0.1) is 0 Å². The van der Waals surface area contributed by atoms with Gasteiger partial charge in [0.15, 0.2) is 6.29 Å². The van der Waals surface area contributed by atoms with Gasteiger partial charge in [-0.3, -0.25) is 4.79 Å². The van der Waals surface area contributed by atoms with Crippen LogP contribution in [0.25, 0.3) is 0 Å². The van der Waals surface area contributed by atoms with E-state index in [1.54, 1.807) is 4.90 Å². The van der Waals surface area contributed by atoms with E-state index in [0.717, 1.165) is 13.0 Å². The van der Waals surface area contributed by atoms with E-state index in [4.69, 9.17) is 14.9 Å². The summed E-state index contributed by atoms with van der Waals surface area (Å²) in [6.07, 6.45) is 0.124. The lowest BCUT2D eigenvalue weighted by Gasteiger charge is -2.15. The first-order valence-corrected chi connectivity index (χ1v) is 4.42. The fourth-order valence-electron chi connectivity index (χ4n) is 1.30. The fourth-order valence-corrected chi connectivity index (χ4v) is 1.30. The van der Waals surface area contributed by atoms with E-state index in [9.17, 15) is 4.79 Å². The predicted octanol–water partition coefficient (Wildman–Crippen LogP) is -1.06. The lowest BCUT2D eigenvalue weighted by molar-refractivity contribution is -0.129. The van der Waals surface area contributed by atoms with E-state index >= 15 is 0 Å². The minimum absolute atomic E-state index is 0.0952. The maximum absolute atomic E-state index is 11.1. The Kier molecular flexibility index (Phi) is 4.14. The molecule has 0 unspecified atom stereocenters. The molecule has 5 heteroatoms. The Hall–Kier alpha value is -0.650. The SMILES string of the molecule is O=C1CCCN1CCOCC(O)O. The van der Waals surface area contributed by atoms with E-state index in [1.807, 2.05) is 0 Å². The summed E-state index contributed by atoms with van der Waals surface area (Å²) < 4.78 is 4.91. The number of hydrogen-bond acceptors (Lipinski definition) is 4. The molecule has 0 atom stereocenters. The number of nitrogens with zero attached hydrogens (tertiary/aromatic N) is 1. The van der Waals surface area contributed by atoms with Crippen molar-refractivity contribution < 1.29 is 19.7 Å². The van der Waals surface area contributed by atoms with Gasteiger partial charge in [0.1, 0.15) is 0 Å². The average Bonchev–Trinajstić information content (AvgIpc) is 2.45. The molecule has 1 aliphatic heterocycles. The van der Waals surface area contributed by atoms with Crippen molar-refractivity contribution in [3.8, 4) is 0 Å². The third-order valence-electron chi connectivity index (χ3n) is 1.94. The molecule has 1 aliphatic rings. The van der Waals surface area contributed by atoms with Crippen LogP contribution in [-0.2, 0) is 9.53 Å². The van der Waals surface area contributed by atoms with E-state index < -0.39 is 6.29 Å². The minimum atomic E-state index is -1.42. The second kappa shape index (κ2) is 5.16. The molecule has 1 saturated heterocycles. The maximum atomic E-state index is 11.1. The van der Waals surface area contributed by atoms with Gasteiger partial charge in [-0.15, -0.1) is 0 Å². The van der Waals surface area contributed by atoms with Gasteiger partial charge >= 0.3 is 0 Å². The van der Waals surface area contributed by atoms with Crippen LogP contribution in [0.5, 0.6) is 0 Å². The fraction of sp³-hybridized carbons (Fsp3) is 0.875. The Morgan fingerprint density at radius 2 is 2.31 bits per heavy atom. The van der Waals surface area contributed by atoms with Crippen molar-refractivity contribution in [1.29, 1.82) is 0 Å². The number of rotatable bonds is 5. The molecule has 0 spiro atoms. The summed E-state index contributed by atoms with van der Waals surface area (Å²) in [7, 11) is 0. The van der Waals surface area contributed by atoms with Gasteiger partial charge in [0.2, 0.25) is 5.91 Å². The molecule has 13 heavy (non-hydrogen) atoms. The van der Waals surface area contributed by atoms with Crippen molar-refractivity contribution in [2.24, 2.45) is 0 Å². The molecule has 5 nitrogen and oxygen atoms in total. The average molecular weight is 189 g/mol. The number of amides is 1. The Morgan fingerprint density at radius 1 is 1.54 bits per heavy atom. The Labute approximate surface area is 76.9 Å². The number of carbonyl (C=O) groups is 1. The standard InChI is InChI=1S/C8H15NO4/c10-7-2-1-3-9(7)4-5-13-6-8(11)12/h8,11-12H,1-6H2. The molecule has 0 bridgehead atoms. The highest BCUT2D eigenvalue weighted by Gasteiger charge is 2.19. The highest BCUT2D eigenvalue weighted by Crippen LogP contribution is 2.08. The molecule has 1 amide bonds. The first kappa shape index (κ1) is 10.4. The number of aliphatic hydroxyl groups is 2. The van der Waals surface area contributed by atoms with Crippen molar-refractivity contribution in [3.05, 3.63) is 0 Å². The molecule has 0 saturated carbocycles. The summed E-state index contributed by atoms with van der Waals surface area (Å²) in [6, 6.07) is 0. The van der Waals surface area contributed by atoms with Gasteiger partial charge in [0.25, 0.3) is 0 Å². The summed E-state index contributed by atoms with van der Waals surface area (Å²) in [5.41, 5.74) is 0. The Balaban J connectivity index is 2.02. The first-order valence-electron chi connectivity index (χ1n) is 4.42. The molecule has 0 aromatic heterocycles. The quantitative estimate of drug-likeness (QED) is 0.427. The third-order valence-corrected chi connectivity index (χ3v) is 1.94. The Morgan fingerprint density at radius 3 is 2.85 bits per heavy atom. The lowest BCUT2D eigenvalue weighted by atomic mass is 10.4. The highest BCUT2D eigenvalue weighted by atomic mass is 16.5. The number of carbonyl (C=O) groups excluding carboxylic acids is 1. The number of likely N-dealkylation sites (tertiary alicyclic amines) is 1. The molecule has 0 aromatic carbocycles. The van der Waals surface area contributed by atoms with Crippen LogP contribution in [-0.4, -0.2) is 53.6 Å². The maximum Gasteiger partial charge on any atom is 0.222 e. The molecule has 1 fully saturated rings. The van der Waals surface area contributed by atoms with Gasteiger partial charge in [0.05, 0.1) is 13.2 Å². The summed E-state index contributed by atoms with van der Waals surface area (Å²) in [5, 5.41) is 16.9. The number of ether oxygens (including phenoxy) is 1. The molecule has 1 heterocycles. The highest BCUT2D eigenvalue weighted by molar-refractivity contribution is 5.77. The first-order chi connectivity index (χ1) is 6.20. The normalized spacial score (nSPS) is 17.5. The van der Waals surface area contributed by atoms with E-state index in [-0.39, 0.29) is 12.5 Å². The molecule has 0 aliphatic carbocycles. The van der Waals surface area contributed by atoms with Gasteiger partial charge < -0.3 is 19.8 Å². The Bertz CT molecular complexity index is 172. The lowest BCUT2D eigenvalue weighted by Crippen LogP contribution is -2.29. The predicted molar refractivity (Wildman–Crippen MR) is 44.9 cm³/mol. The van der Waals surface area contributed by atoms with Crippen molar-refractivity contribution >= 4 is 5.91 Å². The smallest absolute Gasteiger partial charge is 0.222 e.